The van der Waals surface area contributed by atoms with Gasteiger partial charge in [-0.1, -0.05) is 30.3 Å². The van der Waals surface area contributed by atoms with E-state index in [2.05, 4.69) is 10.6 Å². The van der Waals surface area contributed by atoms with Crippen molar-refractivity contribution in [2.45, 2.75) is 25.4 Å². The second-order valence-corrected chi connectivity index (χ2v) is 6.18. The molecule has 24 heavy (non-hydrogen) atoms. The second kappa shape index (κ2) is 9.30. The molecule has 0 aliphatic carbocycles. The minimum atomic E-state index is -0.304. The summed E-state index contributed by atoms with van der Waals surface area (Å²) in [5.74, 6) is 0.424. The summed E-state index contributed by atoms with van der Waals surface area (Å²) in [5.41, 5.74) is 3.45. The fourth-order valence-corrected chi connectivity index (χ4v) is 2.93. The van der Waals surface area contributed by atoms with E-state index in [0.717, 1.165) is 22.3 Å². The van der Waals surface area contributed by atoms with Gasteiger partial charge in [-0.2, -0.15) is 11.8 Å². The van der Waals surface area contributed by atoms with Crippen molar-refractivity contribution < 1.29 is 14.3 Å². The lowest BCUT2D eigenvalue weighted by Gasteiger charge is -2.12. The zero-order valence-corrected chi connectivity index (χ0v) is 14.3. The molecule has 6 heteroatoms. The van der Waals surface area contributed by atoms with Crippen LogP contribution >= 0.6 is 11.8 Å². The predicted octanol–water partition coefficient (Wildman–Crippen LogP) is 3.18. The van der Waals surface area contributed by atoms with Gasteiger partial charge in [-0.25, -0.2) is 9.18 Å². The number of rotatable bonds is 7. The number of halogens is 1. The summed E-state index contributed by atoms with van der Waals surface area (Å²) in [6.07, 6.45) is 1.95. The molecule has 0 saturated carbocycles. The van der Waals surface area contributed by atoms with Crippen LogP contribution in [0.5, 0.6) is 0 Å². The van der Waals surface area contributed by atoms with Gasteiger partial charge in [0.1, 0.15) is 5.82 Å². The molecule has 0 heterocycles. The van der Waals surface area contributed by atoms with Gasteiger partial charge < -0.3 is 15.7 Å². The van der Waals surface area contributed by atoms with Crippen LogP contribution in [0.4, 0.5) is 9.18 Å². The maximum Gasteiger partial charge on any atom is 0.315 e. The highest BCUT2D eigenvalue weighted by molar-refractivity contribution is 7.97. The van der Waals surface area contributed by atoms with Crippen molar-refractivity contribution in [2.24, 2.45) is 0 Å². The fraction of sp³-hybridized carbons (Fsp3) is 0.278. The van der Waals surface area contributed by atoms with Gasteiger partial charge in [0.2, 0.25) is 0 Å². The molecule has 0 fully saturated rings. The number of urea groups is 1. The van der Waals surface area contributed by atoms with E-state index in [4.69, 9.17) is 0 Å². The number of aliphatic hydroxyl groups is 1. The largest absolute Gasteiger partial charge is 0.392 e. The Labute approximate surface area is 145 Å². The third-order valence-electron chi connectivity index (χ3n) is 3.64. The fourth-order valence-electron chi connectivity index (χ4n) is 2.35. The Morgan fingerprint density at radius 1 is 1.04 bits per heavy atom. The van der Waals surface area contributed by atoms with Gasteiger partial charge in [0, 0.05) is 18.8 Å². The monoisotopic (exact) mass is 348 g/mol. The lowest BCUT2D eigenvalue weighted by atomic mass is 10.1. The van der Waals surface area contributed by atoms with E-state index < -0.39 is 0 Å². The van der Waals surface area contributed by atoms with Gasteiger partial charge in [-0.15, -0.1) is 0 Å². The smallest absolute Gasteiger partial charge is 0.315 e. The van der Waals surface area contributed by atoms with E-state index >= 15 is 0 Å². The zero-order valence-electron chi connectivity index (χ0n) is 13.5. The third kappa shape index (κ3) is 5.25. The average Bonchev–Trinajstić information content (AvgIpc) is 2.59. The van der Waals surface area contributed by atoms with Gasteiger partial charge in [0.15, 0.2) is 0 Å². The minimum Gasteiger partial charge on any atom is -0.392 e. The van der Waals surface area contributed by atoms with Crippen molar-refractivity contribution in [3.8, 4) is 0 Å². The molecule has 4 nitrogen and oxygen atoms in total. The van der Waals surface area contributed by atoms with Gasteiger partial charge in [-0.3, -0.25) is 0 Å². The summed E-state index contributed by atoms with van der Waals surface area (Å²) in [5, 5.41) is 14.8. The number of amides is 2. The second-order valence-electron chi connectivity index (χ2n) is 5.31. The Balaban J connectivity index is 1.89. The first-order chi connectivity index (χ1) is 11.6. The van der Waals surface area contributed by atoms with Crippen molar-refractivity contribution >= 4 is 17.8 Å². The van der Waals surface area contributed by atoms with Crippen molar-refractivity contribution in [1.29, 1.82) is 0 Å². The van der Waals surface area contributed by atoms with E-state index in [0.29, 0.717) is 18.8 Å². The first-order valence-corrected chi connectivity index (χ1v) is 8.99. The summed E-state index contributed by atoms with van der Waals surface area (Å²) in [6.45, 7) is 0.612. The zero-order chi connectivity index (χ0) is 17.4. The molecule has 0 unspecified atom stereocenters. The van der Waals surface area contributed by atoms with E-state index in [1.807, 2.05) is 30.5 Å². The number of carbonyl (C=O) groups excluding carboxylic acids is 1. The van der Waals surface area contributed by atoms with Crippen molar-refractivity contribution in [3.05, 3.63) is 70.5 Å². The van der Waals surface area contributed by atoms with E-state index in [-0.39, 0.29) is 18.5 Å². The highest BCUT2D eigenvalue weighted by atomic mass is 32.2. The Hall–Kier alpha value is -2.05. The van der Waals surface area contributed by atoms with Crippen LogP contribution < -0.4 is 10.6 Å². The van der Waals surface area contributed by atoms with Crippen molar-refractivity contribution in [3.63, 3.8) is 0 Å². The number of aliphatic hydroxyl groups excluding tert-OH is 1. The van der Waals surface area contributed by atoms with Gasteiger partial charge in [0.05, 0.1) is 6.61 Å². The van der Waals surface area contributed by atoms with Gasteiger partial charge in [0.25, 0.3) is 0 Å². The van der Waals surface area contributed by atoms with Crippen LogP contribution in [0.2, 0.25) is 0 Å². The molecule has 2 rings (SSSR count). The average molecular weight is 348 g/mol. The molecule has 0 aliphatic rings. The molecule has 0 bridgehead atoms. The lowest BCUT2D eigenvalue weighted by molar-refractivity contribution is 0.239. The normalized spacial score (nSPS) is 10.5. The summed E-state index contributed by atoms with van der Waals surface area (Å²) in [7, 11) is 0. The Morgan fingerprint density at radius 3 is 2.29 bits per heavy atom. The van der Waals surface area contributed by atoms with Crippen molar-refractivity contribution in [2.75, 3.05) is 6.26 Å². The third-order valence-corrected chi connectivity index (χ3v) is 4.24. The van der Waals surface area contributed by atoms with E-state index in [1.165, 1.54) is 12.1 Å². The highest BCUT2D eigenvalue weighted by Gasteiger charge is 2.07. The quantitative estimate of drug-likeness (QED) is 0.720. The molecular formula is C18H21FN2O2S. The van der Waals surface area contributed by atoms with Crippen LogP contribution in [0.3, 0.4) is 0 Å². The van der Waals surface area contributed by atoms with E-state index in [9.17, 15) is 14.3 Å². The first-order valence-electron chi connectivity index (χ1n) is 7.59. The van der Waals surface area contributed by atoms with Crippen LogP contribution in [0.15, 0.2) is 42.5 Å². The standard InChI is InChI=1S/C18H21FN2O2S/c1-24-12-16-8-17(19)7-6-14(16)10-21-18(23)20-9-13-4-2-3-5-15(13)11-22/h2-8,22H,9-12H2,1H3,(H2,20,21,23). The molecule has 0 radical (unpaired) electrons. The minimum absolute atomic E-state index is 0.0624. The molecule has 0 aliphatic heterocycles. The molecule has 0 spiro atoms. The number of hydrogen-bond acceptors (Lipinski definition) is 3. The molecule has 2 aromatic carbocycles. The Kier molecular flexibility index (Phi) is 7.08. The molecule has 2 aromatic rings. The number of carbonyl (C=O) groups is 1. The SMILES string of the molecule is CSCc1cc(F)ccc1CNC(=O)NCc1ccccc1CO. The lowest BCUT2D eigenvalue weighted by Crippen LogP contribution is -2.35. The first kappa shape index (κ1) is 18.3. The number of benzene rings is 2. The molecule has 128 valence electrons. The van der Waals surface area contributed by atoms with Crippen LogP contribution in [-0.4, -0.2) is 17.4 Å². The number of thioether (sulfide) groups is 1. The van der Waals surface area contributed by atoms with Gasteiger partial charge >= 0.3 is 6.03 Å². The molecule has 2 amide bonds. The van der Waals surface area contributed by atoms with Crippen LogP contribution in [0.1, 0.15) is 22.3 Å². The number of nitrogens with one attached hydrogen (secondary N) is 2. The summed E-state index contributed by atoms with van der Waals surface area (Å²) in [6, 6.07) is 11.7. The molecule has 3 N–H and O–H groups in total. The Morgan fingerprint density at radius 2 is 1.67 bits per heavy atom. The summed E-state index contributed by atoms with van der Waals surface area (Å²) >= 11 is 1.60. The highest BCUT2D eigenvalue weighted by Crippen LogP contribution is 2.16. The summed E-state index contributed by atoms with van der Waals surface area (Å²) in [4.78, 5) is 12.0. The summed E-state index contributed by atoms with van der Waals surface area (Å²) < 4.78 is 13.3. The van der Waals surface area contributed by atoms with E-state index in [1.54, 1.807) is 17.8 Å². The van der Waals surface area contributed by atoms with Crippen molar-refractivity contribution in [1.82, 2.24) is 10.6 Å². The molecule has 0 atom stereocenters. The maximum atomic E-state index is 13.3. The Bertz CT molecular complexity index is 694. The maximum absolute atomic E-state index is 13.3. The predicted molar refractivity (Wildman–Crippen MR) is 95.1 cm³/mol. The number of hydrogen-bond donors (Lipinski definition) is 3. The molecular weight excluding hydrogens is 327 g/mol. The molecule has 0 aromatic heterocycles. The van der Waals surface area contributed by atoms with Crippen LogP contribution in [-0.2, 0) is 25.4 Å². The molecule has 0 saturated heterocycles. The topological polar surface area (TPSA) is 61.4 Å². The van der Waals surface area contributed by atoms with Gasteiger partial charge in [-0.05, 0) is 40.6 Å². The van der Waals surface area contributed by atoms with Crippen LogP contribution in [0.25, 0.3) is 0 Å². The van der Waals surface area contributed by atoms with Crippen LogP contribution in [0, 0.1) is 5.82 Å².